The van der Waals surface area contributed by atoms with E-state index in [9.17, 15) is 22.8 Å². The molecule has 0 spiro atoms. The molecule has 2 unspecified atom stereocenters. The van der Waals surface area contributed by atoms with E-state index in [-0.39, 0.29) is 12.9 Å². The van der Waals surface area contributed by atoms with Crippen LogP contribution in [0.25, 0.3) is 0 Å². The molecule has 1 saturated carbocycles. The molecule has 0 radical (unpaired) electrons. The zero-order chi connectivity index (χ0) is 14.1. The number of carbonyl (C=O) groups is 2. The number of allylic oxidation sites excluding steroid dienone is 2. The molecule has 1 aliphatic carbocycles. The van der Waals surface area contributed by atoms with E-state index >= 15 is 0 Å². The number of alkyl halides is 3. The highest BCUT2D eigenvalue weighted by Gasteiger charge is 2.62. The molecule has 102 valence electrons. The Kier molecular flexibility index (Phi) is 3.88. The van der Waals surface area contributed by atoms with Gasteiger partial charge in [-0.1, -0.05) is 19.9 Å². The van der Waals surface area contributed by atoms with Crippen LogP contribution in [0.2, 0.25) is 0 Å². The van der Waals surface area contributed by atoms with Gasteiger partial charge in [0.15, 0.2) is 6.29 Å². The molecule has 1 rings (SSSR count). The maximum atomic E-state index is 12.4. The fourth-order valence-electron chi connectivity index (χ4n) is 2.06. The highest BCUT2D eigenvalue weighted by atomic mass is 19.4. The van der Waals surface area contributed by atoms with Crippen LogP contribution < -0.4 is 0 Å². The van der Waals surface area contributed by atoms with Crippen molar-refractivity contribution in [3.63, 3.8) is 0 Å². The van der Waals surface area contributed by atoms with E-state index < -0.39 is 35.0 Å². The van der Waals surface area contributed by atoms with E-state index in [0.717, 1.165) is 6.08 Å². The molecular formula is C12H15F3O3. The maximum absolute atomic E-state index is 12.4. The molecule has 18 heavy (non-hydrogen) atoms. The van der Waals surface area contributed by atoms with Crippen LogP contribution in [0.4, 0.5) is 13.2 Å². The minimum Gasteiger partial charge on any atom is -0.466 e. The number of halogens is 3. The number of aldehydes is 1. The van der Waals surface area contributed by atoms with Gasteiger partial charge < -0.3 is 4.74 Å². The summed E-state index contributed by atoms with van der Waals surface area (Å²) in [4.78, 5) is 22.0. The number of hydrogen-bond donors (Lipinski definition) is 0. The third-order valence-corrected chi connectivity index (χ3v) is 3.26. The standard InChI is InChI=1S/C12H15F3O3/c1-4-18-10(17)9-8(11(9,2)3)5-7(6-16)12(13,14)15/h5-6,8-9H,4H2,1-3H3. The lowest BCUT2D eigenvalue weighted by Gasteiger charge is -2.05. The number of rotatable bonds is 4. The Labute approximate surface area is 103 Å². The second-order valence-corrected chi connectivity index (χ2v) is 4.81. The van der Waals surface area contributed by atoms with Gasteiger partial charge in [0.25, 0.3) is 0 Å². The maximum Gasteiger partial charge on any atom is 0.419 e. The molecule has 0 amide bonds. The molecule has 6 heteroatoms. The molecule has 1 fully saturated rings. The van der Waals surface area contributed by atoms with Crippen molar-refractivity contribution in [1.29, 1.82) is 0 Å². The summed E-state index contributed by atoms with van der Waals surface area (Å²) >= 11 is 0. The number of ether oxygens (including phenoxy) is 1. The van der Waals surface area contributed by atoms with Gasteiger partial charge in [0.1, 0.15) is 0 Å². The SMILES string of the molecule is CCOC(=O)C1C(C=C(C=O)C(F)(F)F)C1(C)C. The Morgan fingerprint density at radius 2 is 1.94 bits per heavy atom. The van der Waals surface area contributed by atoms with E-state index in [0.29, 0.717) is 0 Å². The van der Waals surface area contributed by atoms with Crippen LogP contribution in [-0.4, -0.2) is 25.0 Å². The van der Waals surface area contributed by atoms with Gasteiger partial charge in [0, 0.05) is 0 Å². The highest BCUT2D eigenvalue weighted by Crippen LogP contribution is 2.60. The van der Waals surface area contributed by atoms with Gasteiger partial charge in [0.05, 0.1) is 18.1 Å². The van der Waals surface area contributed by atoms with Crippen molar-refractivity contribution in [1.82, 2.24) is 0 Å². The normalized spacial score (nSPS) is 26.7. The van der Waals surface area contributed by atoms with Crippen LogP contribution in [0.5, 0.6) is 0 Å². The van der Waals surface area contributed by atoms with Gasteiger partial charge in [-0.2, -0.15) is 13.2 Å². The number of carbonyl (C=O) groups excluding carboxylic acids is 2. The van der Waals surface area contributed by atoms with Crippen LogP contribution in [-0.2, 0) is 14.3 Å². The lowest BCUT2D eigenvalue weighted by molar-refractivity contribution is -0.145. The lowest BCUT2D eigenvalue weighted by atomic mass is 10.1. The first-order chi connectivity index (χ1) is 8.16. The van der Waals surface area contributed by atoms with Crippen LogP contribution in [0, 0.1) is 17.3 Å². The Morgan fingerprint density at radius 3 is 2.33 bits per heavy atom. The second kappa shape index (κ2) is 4.74. The first-order valence-electron chi connectivity index (χ1n) is 5.57. The smallest absolute Gasteiger partial charge is 0.419 e. The van der Waals surface area contributed by atoms with Crippen molar-refractivity contribution in [3.05, 3.63) is 11.6 Å². The van der Waals surface area contributed by atoms with Crippen LogP contribution in [0.1, 0.15) is 20.8 Å². The van der Waals surface area contributed by atoms with E-state index in [1.807, 2.05) is 0 Å². The van der Waals surface area contributed by atoms with Gasteiger partial charge >= 0.3 is 12.1 Å². The largest absolute Gasteiger partial charge is 0.466 e. The summed E-state index contributed by atoms with van der Waals surface area (Å²) in [6.45, 7) is 5.16. The average molecular weight is 264 g/mol. The Hall–Kier alpha value is -1.33. The topological polar surface area (TPSA) is 43.4 Å². The number of hydrogen-bond acceptors (Lipinski definition) is 3. The van der Waals surface area contributed by atoms with Crippen molar-refractivity contribution in [2.24, 2.45) is 17.3 Å². The molecular weight excluding hydrogens is 249 g/mol. The minimum atomic E-state index is -4.68. The zero-order valence-electron chi connectivity index (χ0n) is 10.4. The molecule has 0 N–H and O–H groups in total. The number of esters is 1. The summed E-state index contributed by atoms with van der Waals surface area (Å²) in [6.07, 6.45) is -4.08. The average Bonchev–Trinajstić information content (AvgIpc) is 2.75. The van der Waals surface area contributed by atoms with Crippen LogP contribution in [0.15, 0.2) is 11.6 Å². The third kappa shape index (κ3) is 2.73. The van der Waals surface area contributed by atoms with E-state index in [2.05, 4.69) is 0 Å². The molecule has 0 aromatic carbocycles. The molecule has 0 saturated heterocycles. The van der Waals surface area contributed by atoms with Crippen molar-refractivity contribution >= 4 is 12.3 Å². The van der Waals surface area contributed by atoms with Gasteiger partial charge in [0.2, 0.25) is 0 Å². The lowest BCUT2D eigenvalue weighted by Crippen LogP contribution is -2.14. The summed E-state index contributed by atoms with van der Waals surface area (Å²) in [5.74, 6) is -1.75. The van der Waals surface area contributed by atoms with E-state index in [1.165, 1.54) is 0 Å². The first kappa shape index (κ1) is 14.7. The molecule has 0 bridgehead atoms. The molecule has 3 nitrogen and oxygen atoms in total. The first-order valence-corrected chi connectivity index (χ1v) is 5.57. The quantitative estimate of drug-likeness (QED) is 0.445. The summed E-state index contributed by atoms with van der Waals surface area (Å²) in [5.41, 5.74) is -1.85. The summed E-state index contributed by atoms with van der Waals surface area (Å²) in [6, 6.07) is 0. The summed E-state index contributed by atoms with van der Waals surface area (Å²) < 4.78 is 42.1. The Balaban J connectivity index is 2.89. The predicted molar refractivity (Wildman–Crippen MR) is 57.6 cm³/mol. The molecule has 0 aromatic rings. The second-order valence-electron chi connectivity index (χ2n) is 4.81. The van der Waals surface area contributed by atoms with Crippen molar-refractivity contribution in [2.45, 2.75) is 26.9 Å². The van der Waals surface area contributed by atoms with Gasteiger partial charge in [-0.25, -0.2) is 0 Å². The Bertz CT molecular complexity index is 383. The monoisotopic (exact) mass is 264 g/mol. The molecule has 0 aliphatic heterocycles. The zero-order valence-corrected chi connectivity index (χ0v) is 10.4. The fourth-order valence-corrected chi connectivity index (χ4v) is 2.06. The molecule has 0 aromatic heterocycles. The van der Waals surface area contributed by atoms with E-state index in [4.69, 9.17) is 4.74 Å². The minimum absolute atomic E-state index is 0.182. The van der Waals surface area contributed by atoms with Crippen molar-refractivity contribution < 1.29 is 27.5 Å². The van der Waals surface area contributed by atoms with Crippen LogP contribution in [0.3, 0.4) is 0 Å². The summed E-state index contributed by atoms with van der Waals surface area (Å²) in [7, 11) is 0. The van der Waals surface area contributed by atoms with E-state index in [1.54, 1.807) is 20.8 Å². The predicted octanol–water partition coefficient (Wildman–Crippen LogP) is 2.51. The van der Waals surface area contributed by atoms with Crippen molar-refractivity contribution in [3.8, 4) is 0 Å². The summed E-state index contributed by atoms with van der Waals surface area (Å²) in [5, 5.41) is 0. The van der Waals surface area contributed by atoms with Gasteiger partial charge in [-0.05, 0) is 18.3 Å². The fraction of sp³-hybridized carbons (Fsp3) is 0.667. The van der Waals surface area contributed by atoms with Crippen LogP contribution >= 0.6 is 0 Å². The van der Waals surface area contributed by atoms with Crippen molar-refractivity contribution in [2.75, 3.05) is 6.61 Å². The molecule has 2 atom stereocenters. The highest BCUT2D eigenvalue weighted by molar-refractivity contribution is 5.80. The van der Waals surface area contributed by atoms with Gasteiger partial charge in [-0.3, -0.25) is 9.59 Å². The molecule has 0 heterocycles. The molecule has 1 aliphatic rings. The Morgan fingerprint density at radius 1 is 1.39 bits per heavy atom. The third-order valence-electron chi connectivity index (χ3n) is 3.26. The van der Waals surface area contributed by atoms with Gasteiger partial charge in [-0.15, -0.1) is 0 Å².